The Morgan fingerprint density at radius 1 is 1.05 bits per heavy atom. The number of hydrogen-bond acceptors (Lipinski definition) is 5. The van der Waals surface area contributed by atoms with Gasteiger partial charge in [-0.25, -0.2) is 0 Å². The van der Waals surface area contributed by atoms with Crippen molar-refractivity contribution in [1.82, 2.24) is 35.4 Å². The summed E-state index contributed by atoms with van der Waals surface area (Å²) >= 11 is 0. The Labute approximate surface area is 234 Å². The molecule has 6 rings (SSSR count). The highest BCUT2D eigenvalue weighted by molar-refractivity contribution is 5.83. The summed E-state index contributed by atoms with van der Waals surface area (Å²) in [5.74, 6) is 1.57. The molecule has 2 aromatic carbocycles. The van der Waals surface area contributed by atoms with E-state index in [0.29, 0.717) is 19.4 Å². The number of rotatable bonds is 9. The predicted octanol–water partition coefficient (Wildman–Crippen LogP) is 4.64. The normalized spacial score (nSPS) is 16.2. The smallest absolute Gasteiger partial charge is 0.224 e. The second-order valence-corrected chi connectivity index (χ2v) is 10.6. The number of nitrogens with one attached hydrogen (secondary N) is 3. The van der Waals surface area contributed by atoms with E-state index >= 15 is 0 Å². The number of fused-ring (bicyclic) bond motifs is 1. The number of para-hydroxylation sites is 1. The lowest BCUT2D eigenvalue weighted by Gasteiger charge is -2.26. The third-order valence-corrected chi connectivity index (χ3v) is 7.85. The van der Waals surface area contributed by atoms with Crippen molar-refractivity contribution in [2.45, 2.75) is 45.1 Å². The van der Waals surface area contributed by atoms with Crippen LogP contribution in [0.4, 0.5) is 0 Å². The Morgan fingerprint density at radius 3 is 2.73 bits per heavy atom. The van der Waals surface area contributed by atoms with Crippen LogP contribution >= 0.6 is 0 Å². The molecule has 4 heterocycles. The molecule has 204 valence electrons. The Morgan fingerprint density at radius 2 is 1.90 bits per heavy atom. The van der Waals surface area contributed by atoms with Crippen molar-refractivity contribution in [3.8, 4) is 5.69 Å². The molecule has 0 spiro atoms. The Hall–Kier alpha value is -4.30. The Bertz CT molecular complexity index is 1580. The van der Waals surface area contributed by atoms with Gasteiger partial charge in [0.05, 0.1) is 23.3 Å². The predicted molar refractivity (Wildman–Crippen MR) is 156 cm³/mol. The van der Waals surface area contributed by atoms with Crippen molar-refractivity contribution < 1.29 is 4.79 Å². The molecule has 0 aliphatic carbocycles. The van der Waals surface area contributed by atoms with Crippen LogP contribution in [0, 0.1) is 12.8 Å². The number of H-pyrrole nitrogens is 1. The molecule has 40 heavy (non-hydrogen) atoms. The van der Waals surface area contributed by atoms with Gasteiger partial charge in [0.2, 0.25) is 5.91 Å². The van der Waals surface area contributed by atoms with Crippen molar-refractivity contribution in [2.75, 3.05) is 13.1 Å². The molecule has 1 aliphatic rings. The molecule has 8 nitrogen and oxygen atoms in total. The molecule has 0 saturated carbocycles. The summed E-state index contributed by atoms with van der Waals surface area (Å²) in [7, 11) is 0. The molecule has 0 bridgehead atoms. The SMILES string of the molecule is Cc1ncccc1-n1c(CCc2ccccc2)nnc1[C@@H](Cc1c[nH]c2ccccc12)NC(=O)[C@H]1CCCNC1. The summed E-state index contributed by atoms with van der Waals surface area (Å²) < 4.78 is 2.12. The van der Waals surface area contributed by atoms with Crippen molar-refractivity contribution >= 4 is 16.8 Å². The van der Waals surface area contributed by atoms with E-state index in [4.69, 9.17) is 10.2 Å². The van der Waals surface area contributed by atoms with Crippen LogP contribution < -0.4 is 10.6 Å². The number of piperidine rings is 1. The molecule has 0 radical (unpaired) electrons. The van der Waals surface area contributed by atoms with Crippen LogP contribution in [0.1, 0.15) is 47.4 Å². The minimum Gasteiger partial charge on any atom is -0.361 e. The first-order chi connectivity index (χ1) is 19.7. The molecule has 2 atom stereocenters. The van der Waals surface area contributed by atoms with Gasteiger partial charge in [0.25, 0.3) is 0 Å². The highest BCUT2D eigenvalue weighted by Crippen LogP contribution is 2.28. The number of aromatic nitrogens is 5. The lowest BCUT2D eigenvalue weighted by atomic mass is 9.97. The molecule has 1 fully saturated rings. The Kier molecular flexibility index (Phi) is 7.68. The number of carbonyl (C=O) groups excluding carboxylic acids is 1. The monoisotopic (exact) mass is 533 g/mol. The van der Waals surface area contributed by atoms with Crippen LogP contribution in [0.25, 0.3) is 16.6 Å². The summed E-state index contributed by atoms with van der Waals surface area (Å²) in [6.45, 7) is 3.66. The van der Waals surface area contributed by atoms with Crippen LogP contribution in [-0.4, -0.2) is 43.7 Å². The topological polar surface area (TPSA) is 101 Å². The number of pyridine rings is 1. The first-order valence-corrected chi connectivity index (χ1v) is 14.1. The third-order valence-electron chi connectivity index (χ3n) is 7.85. The van der Waals surface area contributed by atoms with Crippen LogP contribution in [-0.2, 0) is 24.1 Å². The zero-order valence-electron chi connectivity index (χ0n) is 22.8. The fraction of sp³-hybridized carbons (Fsp3) is 0.312. The van der Waals surface area contributed by atoms with Gasteiger partial charge in [0, 0.05) is 42.7 Å². The summed E-state index contributed by atoms with van der Waals surface area (Å²) in [6, 6.07) is 22.3. The average Bonchev–Trinajstić information content (AvgIpc) is 3.61. The van der Waals surface area contributed by atoms with Gasteiger partial charge in [-0.1, -0.05) is 48.5 Å². The second-order valence-electron chi connectivity index (χ2n) is 10.6. The molecule has 5 aromatic rings. The Balaban J connectivity index is 1.40. The number of aryl methyl sites for hydroxylation is 3. The quantitative estimate of drug-likeness (QED) is 0.256. The number of nitrogens with zero attached hydrogens (tertiary/aromatic N) is 4. The number of hydrogen-bond donors (Lipinski definition) is 3. The second kappa shape index (κ2) is 11.8. The van der Waals surface area contributed by atoms with E-state index in [-0.39, 0.29) is 17.9 Å². The molecule has 0 unspecified atom stereocenters. The van der Waals surface area contributed by atoms with Crippen molar-refractivity contribution in [3.05, 3.63) is 108 Å². The van der Waals surface area contributed by atoms with Gasteiger partial charge in [0.15, 0.2) is 5.82 Å². The number of amides is 1. The largest absolute Gasteiger partial charge is 0.361 e. The standard InChI is InChI=1S/C32H35N7O/c1-22-29(14-8-18-34-22)39-30(16-15-23-9-3-2-4-10-23)37-38-31(39)28(36-32(40)24-11-7-17-33-20-24)19-25-21-35-27-13-6-5-12-26(25)27/h2-6,8-10,12-14,18,21,24,28,33,35H,7,11,15-17,19-20H2,1H3,(H,36,40)/t24-,28+/m0/s1. The van der Waals surface area contributed by atoms with Gasteiger partial charge in [-0.05, 0) is 62.1 Å². The zero-order chi connectivity index (χ0) is 27.3. The maximum absolute atomic E-state index is 13.6. The molecular formula is C32H35N7O. The van der Waals surface area contributed by atoms with Gasteiger partial charge in [-0.3, -0.25) is 14.3 Å². The summed E-state index contributed by atoms with van der Waals surface area (Å²) in [4.78, 5) is 21.5. The lowest BCUT2D eigenvalue weighted by Crippen LogP contribution is -2.42. The maximum atomic E-state index is 13.6. The molecule has 1 amide bonds. The van der Waals surface area contributed by atoms with Crippen molar-refractivity contribution in [2.24, 2.45) is 5.92 Å². The van der Waals surface area contributed by atoms with Crippen LogP contribution in [0.15, 0.2) is 79.1 Å². The van der Waals surface area contributed by atoms with E-state index in [0.717, 1.165) is 65.3 Å². The highest BCUT2D eigenvalue weighted by atomic mass is 16.2. The van der Waals surface area contributed by atoms with E-state index in [1.54, 1.807) is 6.20 Å². The number of benzene rings is 2. The molecule has 1 saturated heterocycles. The first kappa shape index (κ1) is 26.0. The van der Waals surface area contributed by atoms with E-state index in [2.05, 4.69) is 67.6 Å². The molecule has 3 N–H and O–H groups in total. The molecule has 3 aromatic heterocycles. The van der Waals surface area contributed by atoms with E-state index in [9.17, 15) is 4.79 Å². The van der Waals surface area contributed by atoms with E-state index in [1.165, 1.54) is 5.56 Å². The van der Waals surface area contributed by atoms with Gasteiger partial charge in [-0.2, -0.15) is 0 Å². The first-order valence-electron chi connectivity index (χ1n) is 14.1. The van der Waals surface area contributed by atoms with Crippen LogP contribution in [0.3, 0.4) is 0 Å². The van der Waals surface area contributed by atoms with Gasteiger partial charge < -0.3 is 15.6 Å². The number of carbonyl (C=O) groups is 1. The molecular weight excluding hydrogens is 498 g/mol. The fourth-order valence-corrected chi connectivity index (χ4v) is 5.69. The van der Waals surface area contributed by atoms with E-state index < -0.39 is 0 Å². The lowest BCUT2D eigenvalue weighted by molar-refractivity contribution is -0.126. The third kappa shape index (κ3) is 5.53. The van der Waals surface area contributed by atoms with Gasteiger partial charge in [0.1, 0.15) is 5.82 Å². The van der Waals surface area contributed by atoms with Crippen molar-refractivity contribution in [3.63, 3.8) is 0 Å². The fourth-order valence-electron chi connectivity index (χ4n) is 5.69. The number of aromatic amines is 1. The van der Waals surface area contributed by atoms with Crippen molar-refractivity contribution in [1.29, 1.82) is 0 Å². The van der Waals surface area contributed by atoms with Crippen LogP contribution in [0.2, 0.25) is 0 Å². The van der Waals surface area contributed by atoms with E-state index in [1.807, 2.05) is 37.4 Å². The minimum absolute atomic E-state index is 0.0559. The van der Waals surface area contributed by atoms with Gasteiger partial charge in [-0.15, -0.1) is 10.2 Å². The summed E-state index contributed by atoms with van der Waals surface area (Å²) in [5.41, 5.74) is 5.27. The summed E-state index contributed by atoms with van der Waals surface area (Å²) in [6.07, 6.45) is 7.87. The maximum Gasteiger partial charge on any atom is 0.224 e. The zero-order valence-corrected chi connectivity index (χ0v) is 22.8. The molecule has 8 heteroatoms. The molecule has 1 aliphatic heterocycles. The highest BCUT2D eigenvalue weighted by Gasteiger charge is 2.29. The average molecular weight is 534 g/mol. The van der Waals surface area contributed by atoms with Gasteiger partial charge >= 0.3 is 0 Å². The summed E-state index contributed by atoms with van der Waals surface area (Å²) in [5, 5.41) is 17.4. The minimum atomic E-state index is -0.369. The van der Waals surface area contributed by atoms with Crippen LogP contribution in [0.5, 0.6) is 0 Å².